The van der Waals surface area contributed by atoms with Gasteiger partial charge in [-0.15, -0.1) is 0 Å². The standard InChI is InChI=1S/C21H26FNO3/c1-15(26-19-9-5-16(6-10-19)21(2,3)4)20(24)23-13-14-25-18-11-7-17(22)8-12-18/h5-12,15H,13-14H2,1-4H3,(H,23,24). The molecule has 1 N–H and O–H groups in total. The van der Waals surface area contributed by atoms with Crippen LogP contribution in [0.3, 0.4) is 0 Å². The molecule has 2 rings (SSSR count). The van der Waals surface area contributed by atoms with E-state index in [1.54, 1.807) is 19.1 Å². The van der Waals surface area contributed by atoms with E-state index in [1.807, 2.05) is 24.3 Å². The minimum Gasteiger partial charge on any atom is -0.492 e. The van der Waals surface area contributed by atoms with Crippen LogP contribution < -0.4 is 14.8 Å². The van der Waals surface area contributed by atoms with E-state index in [0.717, 1.165) is 0 Å². The zero-order chi connectivity index (χ0) is 19.2. The van der Waals surface area contributed by atoms with Gasteiger partial charge in [0.15, 0.2) is 6.10 Å². The molecular formula is C21H26FNO3. The van der Waals surface area contributed by atoms with Gasteiger partial charge in [0, 0.05) is 0 Å². The minimum atomic E-state index is -0.610. The van der Waals surface area contributed by atoms with Gasteiger partial charge < -0.3 is 14.8 Å². The second-order valence-electron chi connectivity index (χ2n) is 7.13. The molecule has 0 saturated heterocycles. The highest BCUT2D eigenvalue weighted by molar-refractivity contribution is 5.80. The number of hydrogen-bond acceptors (Lipinski definition) is 3. The molecule has 0 heterocycles. The van der Waals surface area contributed by atoms with Crippen LogP contribution in [0, 0.1) is 5.82 Å². The smallest absolute Gasteiger partial charge is 0.260 e. The fourth-order valence-corrected chi connectivity index (χ4v) is 2.31. The molecule has 0 aliphatic carbocycles. The molecule has 2 aromatic carbocycles. The van der Waals surface area contributed by atoms with Gasteiger partial charge >= 0.3 is 0 Å². The lowest BCUT2D eigenvalue weighted by Gasteiger charge is -2.20. The van der Waals surface area contributed by atoms with Crippen molar-refractivity contribution in [2.75, 3.05) is 13.2 Å². The largest absolute Gasteiger partial charge is 0.492 e. The second kappa shape index (κ2) is 8.70. The highest BCUT2D eigenvalue weighted by atomic mass is 19.1. The van der Waals surface area contributed by atoms with Crippen LogP contribution in [0.2, 0.25) is 0 Å². The van der Waals surface area contributed by atoms with Crippen LogP contribution >= 0.6 is 0 Å². The van der Waals surface area contributed by atoms with Crippen LogP contribution in [0.15, 0.2) is 48.5 Å². The number of rotatable bonds is 7. The molecule has 0 aromatic heterocycles. The lowest BCUT2D eigenvalue weighted by Crippen LogP contribution is -2.38. The van der Waals surface area contributed by atoms with Crippen molar-refractivity contribution in [2.45, 2.75) is 39.2 Å². The van der Waals surface area contributed by atoms with Gasteiger partial charge in [-0.1, -0.05) is 32.9 Å². The maximum absolute atomic E-state index is 12.8. The lowest BCUT2D eigenvalue weighted by molar-refractivity contribution is -0.127. The van der Waals surface area contributed by atoms with Gasteiger partial charge in [-0.05, 0) is 54.3 Å². The van der Waals surface area contributed by atoms with Gasteiger partial charge in [0.05, 0.1) is 6.54 Å². The number of benzene rings is 2. The molecule has 0 saturated carbocycles. The molecule has 0 fully saturated rings. The molecule has 0 aliphatic rings. The van der Waals surface area contributed by atoms with Crippen molar-refractivity contribution in [2.24, 2.45) is 0 Å². The first kappa shape index (κ1) is 19.8. The van der Waals surface area contributed by atoms with Crippen LogP contribution in [-0.2, 0) is 10.2 Å². The Labute approximate surface area is 154 Å². The highest BCUT2D eigenvalue weighted by Gasteiger charge is 2.16. The van der Waals surface area contributed by atoms with Gasteiger partial charge in [0.25, 0.3) is 5.91 Å². The van der Waals surface area contributed by atoms with Gasteiger partial charge in [-0.25, -0.2) is 4.39 Å². The van der Waals surface area contributed by atoms with Crippen LogP contribution in [-0.4, -0.2) is 25.2 Å². The molecule has 5 heteroatoms. The van der Waals surface area contributed by atoms with Crippen LogP contribution in [0.5, 0.6) is 11.5 Å². The Hall–Kier alpha value is -2.56. The van der Waals surface area contributed by atoms with E-state index in [4.69, 9.17) is 9.47 Å². The molecule has 2 aromatic rings. The van der Waals surface area contributed by atoms with Crippen LogP contribution in [0.4, 0.5) is 4.39 Å². The highest BCUT2D eigenvalue weighted by Crippen LogP contribution is 2.24. The average molecular weight is 359 g/mol. The first-order chi connectivity index (χ1) is 12.3. The number of halogens is 1. The Balaban J connectivity index is 1.74. The molecule has 0 aliphatic heterocycles. The molecule has 0 radical (unpaired) electrons. The molecule has 1 unspecified atom stereocenters. The number of carbonyl (C=O) groups is 1. The summed E-state index contributed by atoms with van der Waals surface area (Å²) in [4.78, 5) is 12.1. The summed E-state index contributed by atoms with van der Waals surface area (Å²) in [5.74, 6) is 0.687. The number of ether oxygens (including phenoxy) is 2. The van der Waals surface area contributed by atoms with Crippen LogP contribution in [0.25, 0.3) is 0 Å². The quantitative estimate of drug-likeness (QED) is 0.758. The predicted octanol–water partition coefficient (Wildman–Crippen LogP) is 4.09. The second-order valence-corrected chi connectivity index (χ2v) is 7.13. The molecule has 4 nitrogen and oxygen atoms in total. The van der Waals surface area contributed by atoms with Gasteiger partial charge in [0.2, 0.25) is 0 Å². The fourth-order valence-electron chi connectivity index (χ4n) is 2.31. The Kier molecular flexibility index (Phi) is 6.61. The van der Waals surface area contributed by atoms with Gasteiger partial charge in [0.1, 0.15) is 23.9 Å². The zero-order valence-electron chi connectivity index (χ0n) is 15.7. The Morgan fingerprint density at radius 3 is 2.19 bits per heavy atom. The Morgan fingerprint density at radius 2 is 1.62 bits per heavy atom. The van der Waals surface area contributed by atoms with E-state index in [1.165, 1.54) is 17.7 Å². The molecule has 140 valence electrons. The maximum Gasteiger partial charge on any atom is 0.260 e. The van der Waals surface area contributed by atoms with Crippen molar-refractivity contribution < 1.29 is 18.7 Å². The number of amides is 1. The van der Waals surface area contributed by atoms with Crippen molar-refractivity contribution in [3.8, 4) is 11.5 Å². The molecule has 1 amide bonds. The first-order valence-corrected chi connectivity index (χ1v) is 8.69. The molecular weight excluding hydrogens is 333 g/mol. The summed E-state index contributed by atoms with van der Waals surface area (Å²) < 4.78 is 23.9. The monoisotopic (exact) mass is 359 g/mol. The van der Waals surface area contributed by atoms with Crippen LogP contribution in [0.1, 0.15) is 33.3 Å². The summed E-state index contributed by atoms with van der Waals surface area (Å²) in [5, 5.41) is 2.76. The Bertz CT molecular complexity index is 706. The molecule has 1 atom stereocenters. The van der Waals surface area contributed by atoms with E-state index in [9.17, 15) is 9.18 Å². The van der Waals surface area contributed by atoms with Crippen molar-refractivity contribution in [1.82, 2.24) is 5.32 Å². The van der Waals surface area contributed by atoms with E-state index >= 15 is 0 Å². The summed E-state index contributed by atoms with van der Waals surface area (Å²) in [6.45, 7) is 8.78. The predicted molar refractivity (Wildman–Crippen MR) is 100 cm³/mol. The number of carbonyl (C=O) groups excluding carboxylic acids is 1. The molecule has 0 spiro atoms. The summed E-state index contributed by atoms with van der Waals surface area (Å²) in [5.41, 5.74) is 1.28. The van der Waals surface area contributed by atoms with Crippen molar-refractivity contribution in [3.63, 3.8) is 0 Å². The SMILES string of the molecule is CC(Oc1ccc(C(C)(C)C)cc1)C(=O)NCCOc1ccc(F)cc1. The van der Waals surface area contributed by atoms with E-state index in [0.29, 0.717) is 24.7 Å². The van der Waals surface area contributed by atoms with E-state index < -0.39 is 6.10 Å². The third-order valence-corrected chi connectivity index (χ3v) is 3.89. The summed E-state index contributed by atoms with van der Waals surface area (Å²) in [6, 6.07) is 13.5. The number of nitrogens with one attached hydrogen (secondary N) is 1. The maximum atomic E-state index is 12.8. The van der Waals surface area contributed by atoms with Gasteiger partial charge in [-0.3, -0.25) is 4.79 Å². The summed E-state index contributed by atoms with van der Waals surface area (Å²) in [6.07, 6.45) is -0.610. The topological polar surface area (TPSA) is 47.6 Å². The summed E-state index contributed by atoms with van der Waals surface area (Å²) >= 11 is 0. The van der Waals surface area contributed by atoms with Crippen molar-refractivity contribution in [1.29, 1.82) is 0 Å². The Morgan fingerprint density at radius 1 is 1.04 bits per heavy atom. The number of hydrogen-bond donors (Lipinski definition) is 1. The van der Waals surface area contributed by atoms with Crippen molar-refractivity contribution in [3.05, 3.63) is 59.9 Å². The molecule has 26 heavy (non-hydrogen) atoms. The first-order valence-electron chi connectivity index (χ1n) is 8.69. The third kappa shape index (κ3) is 6.06. The average Bonchev–Trinajstić information content (AvgIpc) is 2.59. The minimum absolute atomic E-state index is 0.0754. The zero-order valence-corrected chi connectivity index (χ0v) is 15.7. The van der Waals surface area contributed by atoms with Crippen molar-refractivity contribution >= 4 is 5.91 Å². The normalized spacial score (nSPS) is 12.3. The summed E-state index contributed by atoms with van der Waals surface area (Å²) in [7, 11) is 0. The van der Waals surface area contributed by atoms with E-state index in [-0.39, 0.29) is 17.1 Å². The fraction of sp³-hybridized carbons (Fsp3) is 0.381. The molecule has 0 bridgehead atoms. The van der Waals surface area contributed by atoms with E-state index in [2.05, 4.69) is 26.1 Å². The van der Waals surface area contributed by atoms with Gasteiger partial charge in [-0.2, -0.15) is 0 Å². The third-order valence-electron chi connectivity index (χ3n) is 3.89. The lowest BCUT2D eigenvalue weighted by atomic mass is 9.87.